The maximum absolute atomic E-state index is 13.3. The first-order chi connectivity index (χ1) is 14.8. The fourth-order valence-corrected chi connectivity index (χ4v) is 3.89. The number of halogens is 2. The van der Waals surface area contributed by atoms with Crippen LogP contribution in [0.3, 0.4) is 0 Å². The summed E-state index contributed by atoms with van der Waals surface area (Å²) in [7, 11) is 0. The minimum Gasteiger partial charge on any atom is -0.354 e. The van der Waals surface area contributed by atoms with Crippen LogP contribution >= 0.6 is 23.4 Å². The van der Waals surface area contributed by atoms with Crippen molar-refractivity contribution in [1.82, 2.24) is 10.2 Å². The van der Waals surface area contributed by atoms with Crippen LogP contribution in [0.2, 0.25) is 5.02 Å². The maximum Gasteiger partial charge on any atom is 0.242 e. The minimum atomic E-state index is -0.611. The van der Waals surface area contributed by atoms with E-state index in [1.54, 1.807) is 35.7 Å². The van der Waals surface area contributed by atoms with Crippen molar-refractivity contribution in [3.8, 4) is 0 Å². The van der Waals surface area contributed by atoms with Crippen molar-refractivity contribution >= 4 is 35.2 Å². The van der Waals surface area contributed by atoms with E-state index in [4.69, 9.17) is 11.6 Å². The molecule has 0 aromatic heterocycles. The molecular formula is C24H30ClFN2O2S. The highest BCUT2D eigenvalue weighted by Crippen LogP contribution is 2.22. The van der Waals surface area contributed by atoms with Gasteiger partial charge < -0.3 is 10.2 Å². The van der Waals surface area contributed by atoms with Crippen LogP contribution in [0.15, 0.2) is 53.4 Å². The van der Waals surface area contributed by atoms with Gasteiger partial charge in [-0.3, -0.25) is 9.59 Å². The second-order valence-electron chi connectivity index (χ2n) is 7.87. The molecule has 0 unspecified atom stereocenters. The van der Waals surface area contributed by atoms with Crippen molar-refractivity contribution in [1.29, 1.82) is 0 Å². The molecule has 4 nitrogen and oxygen atoms in total. The zero-order chi connectivity index (χ0) is 22.8. The van der Waals surface area contributed by atoms with E-state index < -0.39 is 6.04 Å². The Hall–Kier alpha value is -2.05. The van der Waals surface area contributed by atoms with E-state index in [-0.39, 0.29) is 24.2 Å². The summed E-state index contributed by atoms with van der Waals surface area (Å²) in [6, 6.07) is 13.0. The molecule has 1 N–H and O–H groups in total. The Morgan fingerprint density at radius 2 is 1.71 bits per heavy atom. The standard InChI is InChI=1S/C24H30ClFN2O2S/c1-17(2)15-27-24(30)18(3)28(16-19-6-10-21(26)11-7-19)23(29)5-4-14-31-22-12-8-20(25)9-13-22/h6-13,17-18H,4-5,14-16H2,1-3H3,(H,27,30)/t18-/m0/s1. The van der Waals surface area contributed by atoms with E-state index in [1.807, 2.05) is 38.1 Å². The number of carbonyl (C=O) groups is 2. The molecular weight excluding hydrogens is 435 g/mol. The van der Waals surface area contributed by atoms with Crippen LogP contribution in [0.4, 0.5) is 4.39 Å². The Morgan fingerprint density at radius 1 is 1.06 bits per heavy atom. The van der Waals surface area contributed by atoms with Crippen LogP contribution in [0, 0.1) is 11.7 Å². The number of nitrogens with one attached hydrogen (secondary N) is 1. The van der Waals surface area contributed by atoms with Crippen LogP contribution in [0.25, 0.3) is 0 Å². The zero-order valence-electron chi connectivity index (χ0n) is 18.2. The van der Waals surface area contributed by atoms with Gasteiger partial charge in [0.15, 0.2) is 0 Å². The molecule has 31 heavy (non-hydrogen) atoms. The Labute approximate surface area is 193 Å². The number of benzene rings is 2. The van der Waals surface area contributed by atoms with E-state index >= 15 is 0 Å². The first kappa shape index (κ1) is 25.2. The Kier molecular flexibility index (Phi) is 10.3. The molecule has 2 rings (SSSR count). The van der Waals surface area contributed by atoms with Gasteiger partial charge in [-0.2, -0.15) is 0 Å². The van der Waals surface area contributed by atoms with Gasteiger partial charge in [-0.15, -0.1) is 11.8 Å². The topological polar surface area (TPSA) is 49.4 Å². The lowest BCUT2D eigenvalue weighted by Crippen LogP contribution is -2.48. The van der Waals surface area contributed by atoms with Crippen molar-refractivity contribution in [3.63, 3.8) is 0 Å². The summed E-state index contributed by atoms with van der Waals surface area (Å²) >= 11 is 7.57. The number of hydrogen-bond acceptors (Lipinski definition) is 3. The van der Waals surface area contributed by atoms with Crippen LogP contribution in [-0.2, 0) is 16.1 Å². The molecule has 2 aromatic carbocycles. The molecule has 1 atom stereocenters. The van der Waals surface area contributed by atoms with Crippen molar-refractivity contribution in [2.45, 2.75) is 51.1 Å². The molecule has 0 aliphatic carbocycles. The van der Waals surface area contributed by atoms with Gasteiger partial charge in [0.05, 0.1) is 0 Å². The van der Waals surface area contributed by atoms with Crippen molar-refractivity contribution < 1.29 is 14.0 Å². The first-order valence-electron chi connectivity index (χ1n) is 10.5. The second-order valence-corrected chi connectivity index (χ2v) is 9.47. The molecule has 7 heteroatoms. The van der Waals surface area contributed by atoms with E-state index in [0.29, 0.717) is 30.3 Å². The zero-order valence-corrected chi connectivity index (χ0v) is 19.8. The summed E-state index contributed by atoms with van der Waals surface area (Å²) in [4.78, 5) is 28.3. The fraction of sp³-hybridized carbons (Fsp3) is 0.417. The predicted octanol–water partition coefficient (Wildman–Crippen LogP) is 5.54. The average molecular weight is 465 g/mol. The molecule has 0 heterocycles. The SMILES string of the molecule is CC(C)CNC(=O)[C@H](C)N(Cc1ccc(F)cc1)C(=O)CCCSc1ccc(Cl)cc1. The summed E-state index contributed by atoms with van der Waals surface area (Å²) in [5, 5.41) is 3.59. The van der Waals surface area contributed by atoms with Gasteiger partial charge in [0.25, 0.3) is 0 Å². The van der Waals surface area contributed by atoms with Crippen molar-refractivity contribution in [2.24, 2.45) is 5.92 Å². The molecule has 0 bridgehead atoms. The summed E-state index contributed by atoms with van der Waals surface area (Å²) in [5.41, 5.74) is 0.786. The van der Waals surface area contributed by atoms with Gasteiger partial charge in [0.2, 0.25) is 11.8 Å². The Morgan fingerprint density at radius 3 is 2.32 bits per heavy atom. The molecule has 168 valence electrons. The van der Waals surface area contributed by atoms with Crippen molar-refractivity contribution in [3.05, 3.63) is 64.9 Å². The third kappa shape index (κ3) is 8.91. The highest BCUT2D eigenvalue weighted by molar-refractivity contribution is 7.99. The van der Waals surface area contributed by atoms with Gasteiger partial charge in [-0.25, -0.2) is 4.39 Å². The molecule has 0 fully saturated rings. The van der Waals surface area contributed by atoms with Gasteiger partial charge in [0, 0.05) is 29.4 Å². The monoisotopic (exact) mass is 464 g/mol. The third-order valence-corrected chi connectivity index (χ3v) is 6.09. The average Bonchev–Trinajstić information content (AvgIpc) is 2.75. The lowest BCUT2D eigenvalue weighted by atomic mass is 10.1. The summed E-state index contributed by atoms with van der Waals surface area (Å²) in [5.74, 6) is 0.505. The lowest BCUT2D eigenvalue weighted by molar-refractivity contribution is -0.140. The van der Waals surface area contributed by atoms with Crippen LogP contribution in [-0.4, -0.2) is 35.1 Å². The van der Waals surface area contributed by atoms with Crippen LogP contribution in [0.1, 0.15) is 39.2 Å². The van der Waals surface area contributed by atoms with Crippen LogP contribution in [0.5, 0.6) is 0 Å². The molecule has 0 saturated carbocycles. The fourth-order valence-electron chi connectivity index (χ4n) is 2.91. The van der Waals surface area contributed by atoms with Crippen LogP contribution < -0.4 is 5.32 Å². The van der Waals surface area contributed by atoms with E-state index in [1.165, 1.54) is 12.1 Å². The predicted molar refractivity (Wildman–Crippen MR) is 126 cm³/mol. The van der Waals surface area contributed by atoms with Crippen molar-refractivity contribution in [2.75, 3.05) is 12.3 Å². The molecule has 0 spiro atoms. The van der Waals surface area contributed by atoms with E-state index in [2.05, 4.69) is 5.32 Å². The summed E-state index contributed by atoms with van der Waals surface area (Å²) in [6.07, 6.45) is 1.02. The number of hydrogen-bond donors (Lipinski definition) is 1. The number of nitrogens with zero attached hydrogens (tertiary/aromatic N) is 1. The molecule has 2 amide bonds. The Balaban J connectivity index is 1.97. The van der Waals surface area contributed by atoms with Gasteiger partial charge in [0.1, 0.15) is 11.9 Å². The third-order valence-electron chi connectivity index (χ3n) is 4.74. The maximum atomic E-state index is 13.3. The smallest absolute Gasteiger partial charge is 0.242 e. The quantitative estimate of drug-likeness (QED) is 0.351. The number of carbonyl (C=O) groups excluding carboxylic acids is 2. The molecule has 0 saturated heterocycles. The Bertz CT molecular complexity index is 844. The largest absolute Gasteiger partial charge is 0.354 e. The molecule has 0 aliphatic heterocycles. The first-order valence-corrected chi connectivity index (χ1v) is 11.8. The number of thioether (sulfide) groups is 1. The molecule has 0 aliphatic rings. The minimum absolute atomic E-state index is 0.0896. The van der Waals surface area contributed by atoms with E-state index in [0.717, 1.165) is 16.2 Å². The van der Waals surface area contributed by atoms with Gasteiger partial charge >= 0.3 is 0 Å². The van der Waals surface area contributed by atoms with E-state index in [9.17, 15) is 14.0 Å². The highest BCUT2D eigenvalue weighted by atomic mass is 35.5. The van der Waals surface area contributed by atoms with Gasteiger partial charge in [-0.05, 0) is 67.0 Å². The normalized spacial score (nSPS) is 11.9. The summed E-state index contributed by atoms with van der Waals surface area (Å²) < 4.78 is 13.3. The highest BCUT2D eigenvalue weighted by Gasteiger charge is 2.25. The van der Waals surface area contributed by atoms with Gasteiger partial charge in [-0.1, -0.05) is 37.6 Å². The molecule has 2 aromatic rings. The number of amides is 2. The summed E-state index contributed by atoms with van der Waals surface area (Å²) in [6.45, 7) is 6.59. The second kappa shape index (κ2) is 12.7. The lowest BCUT2D eigenvalue weighted by Gasteiger charge is -2.29. The molecule has 0 radical (unpaired) electrons. The number of rotatable bonds is 11.